The largest absolute Gasteiger partial charge is 0.409 e. The third-order valence-corrected chi connectivity index (χ3v) is 5.33. The van der Waals surface area contributed by atoms with Crippen LogP contribution in [0.3, 0.4) is 0 Å². The molecule has 5 nitrogen and oxygen atoms in total. The highest BCUT2D eigenvalue weighted by atomic mass is 16.4. The summed E-state index contributed by atoms with van der Waals surface area (Å²) in [5.41, 5.74) is 5.39. The van der Waals surface area contributed by atoms with E-state index in [1.807, 2.05) is 0 Å². The monoisotopic (exact) mass is 265 g/mol. The van der Waals surface area contributed by atoms with Crippen LogP contribution in [-0.2, 0) is 4.79 Å². The van der Waals surface area contributed by atoms with E-state index in [0.717, 1.165) is 36.5 Å². The Morgan fingerprint density at radius 2 is 1.95 bits per heavy atom. The van der Waals surface area contributed by atoms with Crippen LogP contribution in [0.25, 0.3) is 0 Å². The van der Waals surface area contributed by atoms with Crippen LogP contribution >= 0.6 is 0 Å². The van der Waals surface area contributed by atoms with Crippen molar-refractivity contribution in [3.63, 3.8) is 0 Å². The maximum absolute atomic E-state index is 12.1. The van der Waals surface area contributed by atoms with Crippen LogP contribution in [0, 0.1) is 29.6 Å². The van der Waals surface area contributed by atoms with Crippen LogP contribution in [0.15, 0.2) is 5.16 Å². The van der Waals surface area contributed by atoms with Gasteiger partial charge in [0.25, 0.3) is 0 Å². The highest BCUT2D eigenvalue weighted by Gasteiger charge is 2.67. The predicted octanol–water partition coefficient (Wildman–Crippen LogP) is 1.31. The number of fused-ring (bicyclic) bond motifs is 5. The summed E-state index contributed by atoms with van der Waals surface area (Å²) in [6.45, 7) is 0.711. The maximum Gasteiger partial charge on any atom is 0.223 e. The SMILES string of the molecule is NC(CCCCNC(=O)C1C2C3CCC(C3)C12)=NO. The van der Waals surface area contributed by atoms with Crippen LogP contribution in [0.2, 0.25) is 0 Å². The Kier molecular flexibility index (Phi) is 3.37. The highest BCUT2D eigenvalue weighted by molar-refractivity contribution is 5.82. The number of hydrogen-bond acceptors (Lipinski definition) is 3. The van der Waals surface area contributed by atoms with E-state index < -0.39 is 0 Å². The fourth-order valence-electron chi connectivity index (χ4n) is 4.49. The lowest BCUT2D eigenvalue weighted by atomic mass is 10.0. The second-order valence-electron chi connectivity index (χ2n) is 6.35. The first kappa shape index (κ1) is 12.8. The van der Waals surface area contributed by atoms with Gasteiger partial charge in [-0.3, -0.25) is 4.79 Å². The molecule has 2 bridgehead atoms. The summed E-state index contributed by atoms with van der Waals surface area (Å²) in [5, 5.41) is 14.4. The molecular weight excluding hydrogens is 242 g/mol. The van der Waals surface area contributed by atoms with Crippen LogP contribution in [0.1, 0.15) is 38.5 Å². The predicted molar refractivity (Wildman–Crippen MR) is 71.6 cm³/mol. The molecule has 106 valence electrons. The lowest BCUT2D eigenvalue weighted by molar-refractivity contribution is -0.123. The summed E-state index contributed by atoms with van der Waals surface area (Å²) < 4.78 is 0. The summed E-state index contributed by atoms with van der Waals surface area (Å²) in [4.78, 5) is 12.1. The van der Waals surface area contributed by atoms with Crippen LogP contribution < -0.4 is 11.1 Å². The first-order valence-corrected chi connectivity index (χ1v) is 7.46. The van der Waals surface area contributed by atoms with Gasteiger partial charge in [-0.25, -0.2) is 0 Å². The van der Waals surface area contributed by atoms with Crippen molar-refractivity contribution in [1.29, 1.82) is 0 Å². The second kappa shape index (κ2) is 5.02. The quantitative estimate of drug-likeness (QED) is 0.222. The molecule has 3 fully saturated rings. The summed E-state index contributed by atoms with van der Waals surface area (Å²) in [6.07, 6.45) is 6.42. The van der Waals surface area contributed by atoms with Gasteiger partial charge in [0.05, 0.1) is 0 Å². The lowest BCUT2D eigenvalue weighted by Crippen LogP contribution is -2.28. The number of hydrogen-bond donors (Lipinski definition) is 3. The maximum atomic E-state index is 12.1. The van der Waals surface area contributed by atoms with Gasteiger partial charge in [-0.2, -0.15) is 0 Å². The summed E-state index contributed by atoms with van der Waals surface area (Å²) in [6, 6.07) is 0. The van der Waals surface area contributed by atoms with Gasteiger partial charge in [-0.1, -0.05) is 5.16 Å². The summed E-state index contributed by atoms with van der Waals surface area (Å²) in [7, 11) is 0. The molecule has 3 rings (SSSR count). The third kappa shape index (κ3) is 2.30. The number of nitrogens with zero attached hydrogens (tertiary/aromatic N) is 1. The van der Waals surface area contributed by atoms with E-state index in [2.05, 4.69) is 10.5 Å². The number of carbonyl (C=O) groups is 1. The Morgan fingerprint density at radius 3 is 2.58 bits per heavy atom. The van der Waals surface area contributed by atoms with Crippen molar-refractivity contribution in [2.24, 2.45) is 40.5 Å². The molecule has 3 aliphatic carbocycles. The van der Waals surface area contributed by atoms with Gasteiger partial charge < -0.3 is 16.3 Å². The van der Waals surface area contributed by atoms with Crippen molar-refractivity contribution < 1.29 is 10.0 Å². The highest BCUT2D eigenvalue weighted by Crippen LogP contribution is 2.69. The molecule has 0 aromatic rings. The molecule has 4 N–H and O–H groups in total. The Morgan fingerprint density at radius 1 is 1.26 bits per heavy atom. The number of nitrogens with one attached hydrogen (secondary N) is 1. The first-order chi connectivity index (χ1) is 9.22. The van der Waals surface area contributed by atoms with Gasteiger partial charge >= 0.3 is 0 Å². The normalized spacial score (nSPS) is 39.2. The Labute approximate surface area is 113 Å². The number of rotatable bonds is 6. The molecular formula is C14H23N3O2. The van der Waals surface area contributed by atoms with Crippen molar-refractivity contribution in [2.75, 3.05) is 6.54 Å². The van der Waals surface area contributed by atoms with Crippen molar-refractivity contribution >= 4 is 11.7 Å². The standard InChI is InChI=1S/C14H23N3O2/c15-10(17-19)3-1-2-6-16-14(18)13-11-8-4-5-9(7-8)12(11)13/h8-9,11-13,19H,1-7H2,(H2,15,17)(H,16,18). The van der Waals surface area contributed by atoms with Gasteiger partial charge in [-0.05, 0) is 55.8 Å². The fraction of sp³-hybridized carbons (Fsp3) is 0.857. The molecule has 0 aliphatic heterocycles. The molecule has 1 amide bonds. The lowest BCUT2D eigenvalue weighted by Gasteiger charge is -2.09. The van der Waals surface area contributed by atoms with E-state index in [0.29, 0.717) is 18.9 Å². The van der Waals surface area contributed by atoms with Crippen LogP contribution in [0.5, 0.6) is 0 Å². The van der Waals surface area contributed by atoms with E-state index in [-0.39, 0.29) is 11.7 Å². The zero-order valence-corrected chi connectivity index (χ0v) is 11.2. The minimum atomic E-state index is 0.264. The van der Waals surface area contributed by atoms with Crippen molar-refractivity contribution in [2.45, 2.75) is 38.5 Å². The smallest absolute Gasteiger partial charge is 0.223 e. The van der Waals surface area contributed by atoms with Crippen molar-refractivity contribution in [1.82, 2.24) is 5.32 Å². The van der Waals surface area contributed by atoms with E-state index >= 15 is 0 Å². The van der Waals surface area contributed by atoms with E-state index in [1.54, 1.807) is 0 Å². The van der Waals surface area contributed by atoms with Gasteiger partial charge in [0.2, 0.25) is 5.91 Å². The fourth-order valence-corrected chi connectivity index (χ4v) is 4.49. The van der Waals surface area contributed by atoms with Gasteiger partial charge in [0.15, 0.2) is 0 Å². The Bertz CT molecular complexity index is 380. The molecule has 4 unspecified atom stereocenters. The molecule has 0 saturated heterocycles. The molecule has 19 heavy (non-hydrogen) atoms. The minimum absolute atomic E-state index is 0.264. The topological polar surface area (TPSA) is 87.7 Å². The number of amides is 1. The molecule has 0 heterocycles. The van der Waals surface area contributed by atoms with Gasteiger partial charge in [0.1, 0.15) is 5.84 Å². The number of amidine groups is 1. The Hall–Kier alpha value is -1.26. The second-order valence-corrected chi connectivity index (χ2v) is 6.35. The Balaban J connectivity index is 1.33. The molecule has 0 aromatic carbocycles. The molecule has 5 heteroatoms. The number of oxime groups is 1. The van der Waals surface area contributed by atoms with E-state index in [1.165, 1.54) is 19.3 Å². The molecule has 3 aliphatic rings. The first-order valence-electron chi connectivity index (χ1n) is 7.46. The van der Waals surface area contributed by atoms with Crippen molar-refractivity contribution in [3.05, 3.63) is 0 Å². The van der Waals surface area contributed by atoms with Crippen LogP contribution in [-0.4, -0.2) is 23.5 Å². The average molecular weight is 265 g/mol. The molecule has 0 aromatic heterocycles. The molecule has 4 atom stereocenters. The summed E-state index contributed by atoms with van der Waals surface area (Å²) >= 11 is 0. The zero-order chi connectivity index (χ0) is 13.4. The van der Waals surface area contributed by atoms with Gasteiger partial charge in [-0.15, -0.1) is 0 Å². The summed E-state index contributed by atoms with van der Waals surface area (Å²) in [5.74, 6) is 4.01. The van der Waals surface area contributed by atoms with E-state index in [9.17, 15) is 4.79 Å². The van der Waals surface area contributed by atoms with E-state index in [4.69, 9.17) is 10.9 Å². The molecule has 0 spiro atoms. The zero-order valence-electron chi connectivity index (χ0n) is 11.2. The molecule has 3 saturated carbocycles. The van der Waals surface area contributed by atoms with Gasteiger partial charge in [0, 0.05) is 18.9 Å². The number of carbonyl (C=O) groups excluding carboxylic acids is 1. The van der Waals surface area contributed by atoms with Crippen LogP contribution in [0.4, 0.5) is 0 Å². The number of nitrogens with two attached hydrogens (primary N) is 1. The minimum Gasteiger partial charge on any atom is -0.409 e. The third-order valence-electron chi connectivity index (χ3n) is 5.33. The molecule has 0 radical (unpaired) electrons. The number of unbranched alkanes of at least 4 members (excludes halogenated alkanes) is 1. The van der Waals surface area contributed by atoms with Crippen molar-refractivity contribution in [3.8, 4) is 0 Å². The average Bonchev–Trinajstić information content (AvgIpc) is 2.86.